The van der Waals surface area contributed by atoms with E-state index in [-0.39, 0.29) is 0 Å². The molecule has 0 atom stereocenters. The van der Waals surface area contributed by atoms with Gasteiger partial charge in [-0.15, -0.1) is 0 Å². The first-order chi connectivity index (χ1) is 11.0. The molecule has 0 saturated heterocycles. The Bertz CT molecular complexity index is 804. The van der Waals surface area contributed by atoms with Crippen molar-refractivity contribution in [3.8, 4) is 0 Å². The molecule has 116 valence electrons. The number of carbonyl (C=O) groups excluding carboxylic acids is 1. The van der Waals surface area contributed by atoms with E-state index in [2.05, 4.69) is 46.9 Å². The molecule has 0 amide bonds. The Morgan fingerprint density at radius 3 is 2.43 bits per heavy atom. The Morgan fingerprint density at radius 1 is 1.09 bits per heavy atom. The lowest BCUT2D eigenvalue weighted by atomic mass is 10.0. The average molecular weight is 370 g/mol. The second-order valence-electron chi connectivity index (χ2n) is 5.64. The van der Waals surface area contributed by atoms with Gasteiger partial charge >= 0.3 is 5.97 Å². The van der Waals surface area contributed by atoms with Crippen LogP contribution in [0, 0.1) is 0 Å². The van der Waals surface area contributed by atoms with Crippen LogP contribution >= 0.6 is 15.9 Å². The van der Waals surface area contributed by atoms with Gasteiger partial charge in [-0.25, -0.2) is 9.79 Å². The highest BCUT2D eigenvalue weighted by atomic mass is 79.9. The summed E-state index contributed by atoms with van der Waals surface area (Å²) in [5.41, 5.74) is 3.27. The number of halogens is 1. The van der Waals surface area contributed by atoms with Crippen LogP contribution in [-0.2, 0) is 9.53 Å². The van der Waals surface area contributed by atoms with Gasteiger partial charge in [-0.3, -0.25) is 0 Å². The second kappa shape index (κ2) is 6.50. The number of hydrogen-bond acceptors (Lipinski definition) is 3. The van der Waals surface area contributed by atoms with E-state index in [1.165, 1.54) is 5.56 Å². The van der Waals surface area contributed by atoms with E-state index in [0.29, 0.717) is 17.5 Å². The van der Waals surface area contributed by atoms with Gasteiger partial charge in [0.25, 0.3) is 0 Å². The Kier molecular flexibility index (Phi) is 4.44. The fourth-order valence-electron chi connectivity index (χ4n) is 2.29. The molecule has 0 radical (unpaired) electrons. The van der Waals surface area contributed by atoms with Crippen molar-refractivity contribution in [3.63, 3.8) is 0 Å². The molecule has 0 spiro atoms. The monoisotopic (exact) mass is 369 g/mol. The highest BCUT2D eigenvalue weighted by Gasteiger charge is 2.25. The summed E-state index contributed by atoms with van der Waals surface area (Å²) in [7, 11) is 0. The van der Waals surface area contributed by atoms with Gasteiger partial charge in [-0.2, -0.15) is 0 Å². The number of aliphatic imine (C=N–C) groups is 1. The molecule has 23 heavy (non-hydrogen) atoms. The van der Waals surface area contributed by atoms with E-state index < -0.39 is 5.97 Å². The molecule has 0 bridgehead atoms. The lowest BCUT2D eigenvalue weighted by Gasteiger charge is -2.04. The van der Waals surface area contributed by atoms with Crippen molar-refractivity contribution in [1.29, 1.82) is 0 Å². The predicted molar refractivity (Wildman–Crippen MR) is 95.3 cm³/mol. The number of carbonyl (C=O) groups is 1. The minimum atomic E-state index is -0.427. The number of benzene rings is 2. The molecular weight excluding hydrogens is 354 g/mol. The van der Waals surface area contributed by atoms with Crippen molar-refractivity contribution in [3.05, 3.63) is 75.4 Å². The number of ether oxygens (including phenoxy) is 1. The maximum atomic E-state index is 12.0. The van der Waals surface area contributed by atoms with Crippen molar-refractivity contribution >= 4 is 33.9 Å². The summed E-state index contributed by atoms with van der Waals surface area (Å²) in [6.45, 7) is 4.30. The van der Waals surface area contributed by atoms with Crippen LogP contribution < -0.4 is 0 Å². The topological polar surface area (TPSA) is 38.7 Å². The minimum absolute atomic E-state index is 0.313. The zero-order chi connectivity index (χ0) is 16.4. The molecular formula is C19H16BrNO2. The summed E-state index contributed by atoms with van der Waals surface area (Å²) in [5, 5.41) is 0. The van der Waals surface area contributed by atoms with Crippen LogP contribution in [0.5, 0.6) is 0 Å². The molecule has 1 aliphatic rings. The molecule has 1 heterocycles. The standard InChI is InChI=1S/C19H16BrNO2/c1-12(2)14-9-7-13(8-10-14)11-17-19(22)23-18(21-17)15-5-3-4-6-16(15)20/h3-12H,1-2H3/b17-11-. The first kappa shape index (κ1) is 15.7. The van der Waals surface area contributed by atoms with Gasteiger partial charge in [0.2, 0.25) is 5.90 Å². The summed E-state index contributed by atoms with van der Waals surface area (Å²) in [5.74, 6) is 0.379. The first-order valence-corrected chi connectivity index (χ1v) is 8.21. The van der Waals surface area contributed by atoms with Crippen LogP contribution in [0.4, 0.5) is 0 Å². The summed E-state index contributed by atoms with van der Waals surface area (Å²) < 4.78 is 6.13. The summed E-state index contributed by atoms with van der Waals surface area (Å²) >= 11 is 3.44. The third kappa shape index (κ3) is 3.42. The van der Waals surface area contributed by atoms with Gasteiger partial charge in [0, 0.05) is 4.47 Å². The minimum Gasteiger partial charge on any atom is -0.402 e. The Hall–Kier alpha value is -2.20. The van der Waals surface area contributed by atoms with Gasteiger partial charge in [-0.1, -0.05) is 50.2 Å². The predicted octanol–water partition coefficient (Wildman–Crippen LogP) is 4.92. The molecule has 0 aromatic heterocycles. The SMILES string of the molecule is CC(C)c1ccc(/C=C2\N=C(c3ccccc3Br)OC2=O)cc1. The molecule has 4 heteroatoms. The molecule has 2 aromatic carbocycles. The van der Waals surface area contributed by atoms with Crippen LogP contribution in [0.1, 0.15) is 36.5 Å². The lowest BCUT2D eigenvalue weighted by molar-refractivity contribution is -0.129. The number of cyclic esters (lactones) is 1. The largest absolute Gasteiger partial charge is 0.402 e. The molecule has 1 aliphatic heterocycles. The third-order valence-electron chi connectivity index (χ3n) is 3.63. The van der Waals surface area contributed by atoms with E-state index in [1.54, 1.807) is 6.08 Å². The Balaban J connectivity index is 1.90. The maximum Gasteiger partial charge on any atom is 0.363 e. The normalized spacial score (nSPS) is 15.9. The molecule has 0 saturated carbocycles. The van der Waals surface area contributed by atoms with Crippen LogP contribution in [-0.4, -0.2) is 11.9 Å². The van der Waals surface area contributed by atoms with Crippen LogP contribution in [0.25, 0.3) is 6.08 Å². The quantitative estimate of drug-likeness (QED) is 0.568. The Labute approximate surface area is 143 Å². The van der Waals surface area contributed by atoms with E-state index in [9.17, 15) is 4.79 Å². The van der Waals surface area contributed by atoms with E-state index in [1.807, 2.05) is 36.4 Å². The van der Waals surface area contributed by atoms with Gasteiger partial charge in [0.15, 0.2) is 5.70 Å². The number of rotatable bonds is 3. The van der Waals surface area contributed by atoms with Crippen molar-refractivity contribution in [2.45, 2.75) is 19.8 Å². The number of nitrogens with zero attached hydrogens (tertiary/aromatic N) is 1. The van der Waals surface area contributed by atoms with E-state index >= 15 is 0 Å². The Morgan fingerprint density at radius 2 is 1.78 bits per heavy atom. The van der Waals surface area contributed by atoms with Crippen LogP contribution in [0.15, 0.2) is 63.7 Å². The molecule has 0 aliphatic carbocycles. The highest BCUT2D eigenvalue weighted by Crippen LogP contribution is 2.24. The van der Waals surface area contributed by atoms with Crippen molar-refractivity contribution in [2.75, 3.05) is 0 Å². The lowest BCUT2D eigenvalue weighted by Crippen LogP contribution is -2.05. The zero-order valence-corrected chi connectivity index (χ0v) is 14.5. The van der Waals surface area contributed by atoms with Gasteiger partial charge < -0.3 is 4.74 Å². The van der Waals surface area contributed by atoms with Gasteiger partial charge in [-0.05, 0) is 51.2 Å². The van der Waals surface area contributed by atoms with Crippen molar-refractivity contribution in [1.82, 2.24) is 0 Å². The first-order valence-electron chi connectivity index (χ1n) is 7.42. The summed E-state index contributed by atoms with van der Waals surface area (Å²) in [6.07, 6.45) is 1.75. The second-order valence-corrected chi connectivity index (χ2v) is 6.49. The van der Waals surface area contributed by atoms with Gasteiger partial charge in [0.05, 0.1) is 5.56 Å². The van der Waals surface area contributed by atoms with Gasteiger partial charge in [0.1, 0.15) is 0 Å². The van der Waals surface area contributed by atoms with E-state index in [0.717, 1.165) is 15.6 Å². The molecule has 0 unspecified atom stereocenters. The fourth-order valence-corrected chi connectivity index (χ4v) is 2.75. The number of esters is 1. The van der Waals surface area contributed by atoms with Crippen molar-refractivity contribution in [2.24, 2.45) is 4.99 Å². The van der Waals surface area contributed by atoms with Crippen LogP contribution in [0.2, 0.25) is 0 Å². The molecule has 3 rings (SSSR count). The van der Waals surface area contributed by atoms with Crippen LogP contribution in [0.3, 0.4) is 0 Å². The molecule has 2 aromatic rings. The summed E-state index contributed by atoms with van der Waals surface area (Å²) in [6, 6.07) is 15.6. The molecule has 0 fully saturated rings. The average Bonchev–Trinajstić information content (AvgIpc) is 2.89. The van der Waals surface area contributed by atoms with E-state index in [4.69, 9.17) is 4.74 Å². The number of hydrogen-bond donors (Lipinski definition) is 0. The third-order valence-corrected chi connectivity index (χ3v) is 4.32. The maximum absolute atomic E-state index is 12.0. The van der Waals surface area contributed by atoms with Crippen molar-refractivity contribution < 1.29 is 9.53 Å². The fraction of sp³-hybridized carbons (Fsp3) is 0.158. The zero-order valence-electron chi connectivity index (χ0n) is 12.9. The smallest absolute Gasteiger partial charge is 0.363 e. The highest BCUT2D eigenvalue weighted by molar-refractivity contribution is 9.10. The molecule has 0 N–H and O–H groups in total. The molecule has 3 nitrogen and oxygen atoms in total. The summed E-state index contributed by atoms with van der Waals surface area (Å²) in [4.78, 5) is 16.4.